The largest absolute Gasteiger partial charge is 0.399 e. The van der Waals surface area contributed by atoms with Crippen LogP contribution >= 0.6 is 0 Å². The molecule has 0 aliphatic rings. The maximum absolute atomic E-state index is 11.9. The first-order valence-electron chi connectivity index (χ1n) is 6.33. The molecule has 0 bridgehead atoms. The Bertz CT molecular complexity index is 663. The molecule has 0 spiro atoms. The van der Waals surface area contributed by atoms with Crippen molar-refractivity contribution in [2.75, 3.05) is 11.1 Å². The lowest BCUT2D eigenvalue weighted by Crippen LogP contribution is -2.09. The number of pyridine rings is 1. The van der Waals surface area contributed by atoms with Crippen LogP contribution in [0, 0.1) is 13.8 Å². The standard InChI is InChI=1S/C16H17N3O/c1-11-6-8-15(12(2)18-11)19-16(20)9-7-13-4-3-5-14(17)10-13/h3-10H,17H2,1-2H3,(H,19,20)/b9-7+. The number of amides is 1. The predicted molar refractivity (Wildman–Crippen MR) is 82.2 cm³/mol. The molecule has 0 unspecified atom stereocenters. The molecule has 1 amide bonds. The van der Waals surface area contributed by atoms with Gasteiger partial charge in [-0.05, 0) is 49.8 Å². The van der Waals surface area contributed by atoms with Gasteiger partial charge in [0.2, 0.25) is 5.91 Å². The van der Waals surface area contributed by atoms with Crippen molar-refractivity contribution in [3.05, 3.63) is 59.4 Å². The Kier molecular flexibility index (Phi) is 4.15. The second-order valence-corrected chi connectivity index (χ2v) is 4.58. The van der Waals surface area contributed by atoms with E-state index in [-0.39, 0.29) is 5.91 Å². The number of nitrogens with one attached hydrogen (secondary N) is 1. The number of nitrogens with zero attached hydrogens (tertiary/aromatic N) is 1. The monoisotopic (exact) mass is 267 g/mol. The van der Waals surface area contributed by atoms with Crippen LogP contribution in [-0.2, 0) is 4.79 Å². The van der Waals surface area contributed by atoms with Gasteiger partial charge in [-0.2, -0.15) is 0 Å². The maximum atomic E-state index is 11.9. The van der Waals surface area contributed by atoms with Crippen molar-refractivity contribution >= 4 is 23.4 Å². The molecular weight excluding hydrogens is 250 g/mol. The number of rotatable bonds is 3. The first-order valence-corrected chi connectivity index (χ1v) is 6.33. The van der Waals surface area contributed by atoms with Crippen molar-refractivity contribution in [1.82, 2.24) is 4.98 Å². The van der Waals surface area contributed by atoms with Gasteiger partial charge in [0.05, 0.1) is 11.4 Å². The van der Waals surface area contributed by atoms with Crippen LogP contribution in [-0.4, -0.2) is 10.9 Å². The number of nitrogens with two attached hydrogens (primary N) is 1. The topological polar surface area (TPSA) is 68.0 Å². The molecule has 0 saturated heterocycles. The summed E-state index contributed by atoms with van der Waals surface area (Å²) in [6.45, 7) is 3.78. The third-order valence-electron chi connectivity index (χ3n) is 2.82. The van der Waals surface area contributed by atoms with E-state index in [2.05, 4.69) is 10.3 Å². The molecule has 0 radical (unpaired) electrons. The van der Waals surface area contributed by atoms with E-state index < -0.39 is 0 Å². The number of benzene rings is 1. The molecule has 0 aliphatic carbocycles. The summed E-state index contributed by atoms with van der Waals surface area (Å²) in [5, 5.41) is 2.80. The van der Waals surface area contributed by atoms with Crippen LogP contribution in [0.1, 0.15) is 17.0 Å². The molecule has 0 atom stereocenters. The zero-order valence-corrected chi connectivity index (χ0v) is 11.6. The first-order chi connectivity index (χ1) is 9.54. The number of anilines is 2. The molecule has 102 valence electrons. The SMILES string of the molecule is Cc1ccc(NC(=O)/C=C/c2cccc(N)c2)c(C)n1. The average molecular weight is 267 g/mol. The molecule has 2 aromatic rings. The van der Waals surface area contributed by atoms with Crippen LogP contribution in [0.3, 0.4) is 0 Å². The van der Waals surface area contributed by atoms with E-state index in [0.29, 0.717) is 5.69 Å². The van der Waals surface area contributed by atoms with Gasteiger partial charge < -0.3 is 11.1 Å². The molecule has 3 N–H and O–H groups in total. The minimum absolute atomic E-state index is 0.193. The number of carbonyl (C=O) groups is 1. The van der Waals surface area contributed by atoms with E-state index in [1.54, 1.807) is 12.1 Å². The number of aryl methyl sites for hydroxylation is 2. The van der Waals surface area contributed by atoms with Crippen LogP contribution in [0.15, 0.2) is 42.5 Å². The maximum Gasteiger partial charge on any atom is 0.248 e. The Balaban J connectivity index is 2.05. The van der Waals surface area contributed by atoms with Crippen LogP contribution < -0.4 is 11.1 Å². The van der Waals surface area contributed by atoms with Crippen LogP contribution in [0.25, 0.3) is 6.08 Å². The highest BCUT2D eigenvalue weighted by Gasteiger charge is 2.02. The molecule has 20 heavy (non-hydrogen) atoms. The third-order valence-corrected chi connectivity index (χ3v) is 2.82. The lowest BCUT2D eigenvalue weighted by Gasteiger charge is -2.06. The highest BCUT2D eigenvalue weighted by molar-refractivity contribution is 6.02. The molecule has 1 aromatic heterocycles. The minimum Gasteiger partial charge on any atom is -0.399 e. The quantitative estimate of drug-likeness (QED) is 0.663. The smallest absolute Gasteiger partial charge is 0.248 e. The Hall–Kier alpha value is -2.62. The van der Waals surface area contributed by atoms with Gasteiger partial charge in [0.15, 0.2) is 0 Å². The van der Waals surface area contributed by atoms with Crippen molar-refractivity contribution in [2.24, 2.45) is 0 Å². The van der Waals surface area contributed by atoms with Crippen LogP contribution in [0.5, 0.6) is 0 Å². The average Bonchev–Trinajstić information content (AvgIpc) is 2.40. The van der Waals surface area contributed by atoms with Crippen LogP contribution in [0.4, 0.5) is 11.4 Å². The molecule has 2 rings (SSSR count). The van der Waals surface area contributed by atoms with E-state index >= 15 is 0 Å². The molecule has 0 aliphatic heterocycles. The number of aromatic nitrogens is 1. The molecule has 1 aromatic carbocycles. The van der Waals surface area contributed by atoms with Crippen LogP contribution in [0.2, 0.25) is 0 Å². The molecule has 0 saturated carbocycles. The van der Waals surface area contributed by atoms with E-state index in [1.165, 1.54) is 6.08 Å². The van der Waals surface area contributed by atoms with Gasteiger partial charge >= 0.3 is 0 Å². The van der Waals surface area contributed by atoms with E-state index in [1.807, 2.05) is 44.2 Å². The van der Waals surface area contributed by atoms with Crippen molar-refractivity contribution in [2.45, 2.75) is 13.8 Å². The summed E-state index contributed by atoms with van der Waals surface area (Å²) >= 11 is 0. The fraction of sp³-hybridized carbons (Fsp3) is 0.125. The number of hydrogen-bond donors (Lipinski definition) is 2. The lowest BCUT2D eigenvalue weighted by molar-refractivity contribution is -0.111. The predicted octanol–water partition coefficient (Wildman–Crippen LogP) is 2.93. The van der Waals surface area contributed by atoms with Crippen molar-refractivity contribution in [3.8, 4) is 0 Å². The summed E-state index contributed by atoms with van der Waals surface area (Å²) in [7, 11) is 0. The van der Waals surface area contributed by atoms with Gasteiger partial charge in [0.1, 0.15) is 0 Å². The molecule has 4 heteroatoms. The minimum atomic E-state index is -0.193. The summed E-state index contributed by atoms with van der Waals surface area (Å²) in [6.07, 6.45) is 3.21. The number of carbonyl (C=O) groups excluding carboxylic acids is 1. The fourth-order valence-electron chi connectivity index (χ4n) is 1.83. The molecule has 4 nitrogen and oxygen atoms in total. The highest BCUT2D eigenvalue weighted by atomic mass is 16.1. The zero-order chi connectivity index (χ0) is 14.5. The molecule has 1 heterocycles. The van der Waals surface area contributed by atoms with Crippen molar-refractivity contribution in [3.63, 3.8) is 0 Å². The Morgan fingerprint density at radius 3 is 2.75 bits per heavy atom. The van der Waals surface area contributed by atoms with Gasteiger partial charge in [-0.3, -0.25) is 9.78 Å². The van der Waals surface area contributed by atoms with E-state index in [4.69, 9.17) is 5.73 Å². The summed E-state index contributed by atoms with van der Waals surface area (Å²) in [5.41, 5.74) is 9.69. The normalized spacial score (nSPS) is 10.7. The van der Waals surface area contributed by atoms with Crippen molar-refractivity contribution in [1.29, 1.82) is 0 Å². The number of nitrogen functional groups attached to an aromatic ring is 1. The summed E-state index contributed by atoms with van der Waals surface area (Å²) in [5.74, 6) is -0.193. The Labute approximate surface area is 118 Å². The summed E-state index contributed by atoms with van der Waals surface area (Å²) in [6, 6.07) is 11.1. The lowest BCUT2D eigenvalue weighted by atomic mass is 10.2. The Morgan fingerprint density at radius 2 is 2.05 bits per heavy atom. The van der Waals surface area contributed by atoms with Gasteiger partial charge in [0.25, 0.3) is 0 Å². The van der Waals surface area contributed by atoms with E-state index in [0.717, 1.165) is 22.6 Å². The summed E-state index contributed by atoms with van der Waals surface area (Å²) < 4.78 is 0. The summed E-state index contributed by atoms with van der Waals surface area (Å²) in [4.78, 5) is 16.2. The second kappa shape index (κ2) is 6.02. The molecular formula is C16H17N3O. The third kappa shape index (κ3) is 3.68. The van der Waals surface area contributed by atoms with Gasteiger partial charge in [-0.15, -0.1) is 0 Å². The van der Waals surface area contributed by atoms with Gasteiger partial charge in [-0.1, -0.05) is 12.1 Å². The van der Waals surface area contributed by atoms with Gasteiger partial charge in [0, 0.05) is 17.5 Å². The van der Waals surface area contributed by atoms with Crippen molar-refractivity contribution < 1.29 is 4.79 Å². The second-order valence-electron chi connectivity index (χ2n) is 4.58. The molecule has 0 fully saturated rings. The highest BCUT2D eigenvalue weighted by Crippen LogP contribution is 2.13. The van der Waals surface area contributed by atoms with Gasteiger partial charge in [-0.25, -0.2) is 0 Å². The zero-order valence-electron chi connectivity index (χ0n) is 11.6. The van der Waals surface area contributed by atoms with E-state index in [9.17, 15) is 4.79 Å². The Morgan fingerprint density at radius 1 is 1.25 bits per heavy atom. The first kappa shape index (κ1) is 13.8. The number of hydrogen-bond acceptors (Lipinski definition) is 3. The fourth-order valence-corrected chi connectivity index (χ4v) is 1.83.